The second-order valence-corrected chi connectivity index (χ2v) is 5.23. The first kappa shape index (κ1) is 13.9. The van der Waals surface area contributed by atoms with Gasteiger partial charge in [-0.1, -0.05) is 11.6 Å². The average molecular weight is 309 g/mol. The van der Waals surface area contributed by atoms with Gasteiger partial charge < -0.3 is 9.80 Å². The third-order valence-electron chi connectivity index (χ3n) is 3.59. The first-order chi connectivity index (χ1) is 10.1. The molecule has 0 atom stereocenters. The minimum atomic E-state index is -0.380. The van der Waals surface area contributed by atoms with Crippen molar-refractivity contribution < 1.29 is 4.39 Å². The van der Waals surface area contributed by atoms with Gasteiger partial charge in [0.1, 0.15) is 10.8 Å². The van der Waals surface area contributed by atoms with Crippen LogP contribution in [0.5, 0.6) is 0 Å². The van der Waals surface area contributed by atoms with Crippen molar-refractivity contribution in [2.24, 2.45) is 0 Å². The molecule has 0 unspecified atom stereocenters. The van der Waals surface area contributed by atoms with Crippen LogP contribution in [0.3, 0.4) is 0 Å². The predicted molar refractivity (Wildman–Crippen MR) is 80.7 cm³/mol. The summed E-state index contributed by atoms with van der Waals surface area (Å²) in [6.45, 7) is 2.99. The Balaban J connectivity index is 1.71. The summed E-state index contributed by atoms with van der Waals surface area (Å²) >= 11 is 6.02. The molecule has 1 aliphatic rings. The minimum Gasteiger partial charge on any atom is -0.368 e. The highest BCUT2D eigenvalue weighted by Gasteiger charge is 2.20. The third-order valence-corrected chi connectivity index (χ3v) is 3.95. The average Bonchev–Trinajstić information content (AvgIpc) is 2.51. The van der Waals surface area contributed by atoms with Crippen LogP contribution in [-0.2, 0) is 0 Å². The highest BCUT2D eigenvalue weighted by Crippen LogP contribution is 2.23. The van der Waals surface area contributed by atoms with Crippen molar-refractivity contribution in [3.63, 3.8) is 0 Å². The largest absolute Gasteiger partial charge is 0.368 e. The van der Waals surface area contributed by atoms with Crippen LogP contribution < -0.4 is 15.4 Å². The smallest absolute Gasteiger partial charge is 0.285 e. The van der Waals surface area contributed by atoms with Crippen molar-refractivity contribution >= 4 is 23.0 Å². The Hall–Kier alpha value is -2.08. The Labute approximate surface area is 126 Å². The molecule has 0 radical (unpaired) electrons. The van der Waals surface area contributed by atoms with Crippen LogP contribution in [0, 0.1) is 5.82 Å². The predicted octanol–water partition coefficient (Wildman–Crippen LogP) is 1.89. The van der Waals surface area contributed by atoms with E-state index in [1.807, 2.05) is 4.90 Å². The van der Waals surface area contributed by atoms with Crippen molar-refractivity contribution in [1.82, 2.24) is 10.2 Å². The Morgan fingerprint density at radius 3 is 2.38 bits per heavy atom. The fourth-order valence-electron chi connectivity index (χ4n) is 2.45. The van der Waals surface area contributed by atoms with Gasteiger partial charge in [0.25, 0.3) is 5.56 Å². The van der Waals surface area contributed by atoms with E-state index in [-0.39, 0.29) is 16.4 Å². The van der Waals surface area contributed by atoms with Crippen LogP contribution in [0.1, 0.15) is 0 Å². The maximum Gasteiger partial charge on any atom is 0.285 e. The third kappa shape index (κ3) is 2.85. The number of piperazine rings is 1. The van der Waals surface area contributed by atoms with E-state index in [0.29, 0.717) is 5.69 Å². The summed E-state index contributed by atoms with van der Waals surface area (Å²) in [6.07, 6.45) is 1.57. The van der Waals surface area contributed by atoms with Gasteiger partial charge >= 0.3 is 0 Å². The Morgan fingerprint density at radius 1 is 1.10 bits per heavy atom. The molecule has 1 saturated heterocycles. The molecule has 110 valence electrons. The van der Waals surface area contributed by atoms with Gasteiger partial charge in [-0.05, 0) is 24.3 Å². The lowest BCUT2D eigenvalue weighted by Gasteiger charge is -2.37. The number of nitrogens with one attached hydrogen (secondary N) is 1. The Kier molecular flexibility index (Phi) is 3.79. The summed E-state index contributed by atoms with van der Waals surface area (Å²) in [7, 11) is 0. The second-order valence-electron chi connectivity index (χ2n) is 4.85. The van der Waals surface area contributed by atoms with E-state index < -0.39 is 0 Å². The molecular formula is C14H14ClFN4O. The lowest BCUT2D eigenvalue weighted by atomic mass is 10.2. The molecule has 0 amide bonds. The number of hydrogen-bond donors (Lipinski definition) is 1. The normalized spacial score (nSPS) is 15.3. The summed E-state index contributed by atoms with van der Waals surface area (Å²) in [4.78, 5) is 15.7. The maximum atomic E-state index is 12.9. The van der Waals surface area contributed by atoms with Gasteiger partial charge in [-0.2, -0.15) is 5.10 Å². The van der Waals surface area contributed by atoms with Crippen LogP contribution in [0.2, 0.25) is 5.02 Å². The number of rotatable bonds is 2. The Bertz CT molecular complexity index is 680. The molecule has 1 aromatic carbocycles. The van der Waals surface area contributed by atoms with Crippen LogP contribution in [0.4, 0.5) is 15.8 Å². The number of H-pyrrole nitrogens is 1. The van der Waals surface area contributed by atoms with Crippen LogP contribution in [0.25, 0.3) is 0 Å². The van der Waals surface area contributed by atoms with Crippen LogP contribution in [-0.4, -0.2) is 36.4 Å². The molecular weight excluding hydrogens is 295 g/mol. The standard InChI is InChI=1S/C14H14ClFN4O/c15-13-12(9-17-18-14(13)21)20-7-5-19(6-8-20)11-3-1-10(16)2-4-11/h1-4,9H,5-8H2,(H,18,21). The highest BCUT2D eigenvalue weighted by atomic mass is 35.5. The molecule has 2 heterocycles. The summed E-state index contributed by atoms with van der Waals surface area (Å²) in [5.41, 5.74) is 1.26. The molecule has 0 saturated carbocycles. The van der Waals surface area contributed by atoms with Gasteiger partial charge in [-0.15, -0.1) is 0 Å². The van der Waals surface area contributed by atoms with Crippen LogP contribution >= 0.6 is 11.6 Å². The number of anilines is 2. The molecule has 1 aliphatic heterocycles. The van der Waals surface area contributed by atoms with E-state index in [4.69, 9.17) is 11.6 Å². The van der Waals surface area contributed by atoms with Crippen molar-refractivity contribution in [3.8, 4) is 0 Å². The van der Waals surface area contributed by atoms with E-state index >= 15 is 0 Å². The van der Waals surface area contributed by atoms with Crippen LogP contribution in [0.15, 0.2) is 35.3 Å². The van der Waals surface area contributed by atoms with Gasteiger partial charge in [0.15, 0.2) is 0 Å². The molecule has 1 aromatic heterocycles. The number of halogens is 2. The Morgan fingerprint density at radius 2 is 1.71 bits per heavy atom. The fourth-order valence-corrected chi connectivity index (χ4v) is 2.66. The van der Waals surface area contributed by atoms with E-state index in [1.165, 1.54) is 12.1 Å². The molecule has 5 nitrogen and oxygen atoms in total. The zero-order valence-electron chi connectivity index (χ0n) is 11.2. The fraction of sp³-hybridized carbons (Fsp3) is 0.286. The molecule has 1 fully saturated rings. The van der Waals surface area contributed by atoms with E-state index in [1.54, 1.807) is 18.3 Å². The van der Waals surface area contributed by atoms with E-state index in [0.717, 1.165) is 31.9 Å². The summed E-state index contributed by atoms with van der Waals surface area (Å²) in [6, 6.07) is 6.46. The van der Waals surface area contributed by atoms with Gasteiger partial charge in [0, 0.05) is 31.9 Å². The number of aromatic amines is 1. The summed E-state index contributed by atoms with van der Waals surface area (Å²) < 4.78 is 12.9. The van der Waals surface area contributed by atoms with Crippen molar-refractivity contribution in [3.05, 3.63) is 51.7 Å². The van der Waals surface area contributed by atoms with E-state index in [2.05, 4.69) is 15.1 Å². The first-order valence-corrected chi connectivity index (χ1v) is 7.01. The molecule has 0 bridgehead atoms. The summed E-state index contributed by atoms with van der Waals surface area (Å²) in [5.74, 6) is -0.237. The molecule has 3 rings (SSSR count). The number of benzene rings is 1. The monoisotopic (exact) mass is 308 g/mol. The lowest BCUT2D eigenvalue weighted by molar-refractivity contribution is 0.624. The lowest BCUT2D eigenvalue weighted by Crippen LogP contribution is -2.47. The minimum absolute atomic E-state index is 0.167. The SMILES string of the molecule is O=c1[nH]ncc(N2CCN(c3ccc(F)cc3)CC2)c1Cl. The number of aromatic nitrogens is 2. The molecule has 0 spiro atoms. The maximum absolute atomic E-state index is 12.9. The topological polar surface area (TPSA) is 52.2 Å². The van der Waals surface area contributed by atoms with E-state index in [9.17, 15) is 9.18 Å². The van der Waals surface area contributed by atoms with Crippen molar-refractivity contribution in [1.29, 1.82) is 0 Å². The second kappa shape index (κ2) is 5.73. The van der Waals surface area contributed by atoms with Crippen molar-refractivity contribution in [2.75, 3.05) is 36.0 Å². The first-order valence-electron chi connectivity index (χ1n) is 6.64. The van der Waals surface area contributed by atoms with Gasteiger partial charge in [0.2, 0.25) is 0 Å². The van der Waals surface area contributed by atoms with Crippen molar-refractivity contribution in [2.45, 2.75) is 0 Å². The molecule has 7 heteroatoms. The molecule has 21 heavy (non-hydrogen) atoms. The zero-order chi connectivity index (χ0) is 14.8. The van der Waals surface area contributed by atoms with Gasteiger partial charge in [0.05, 0.1) is 11.9 Å². The quantitative estimate of drug-likeness (QED) is 0.920. The summed E-state index contributed by atoms with van der Waals surface area (Å²) in [5, 5.41) is 6.26. The zero-order valence-corrected chi connectivity index (χ0v) is 12.0. The molecule has 0 aliphatic carbocycles. The molecule has 1 N–H and O–H groups in total. The number of hydrogen-bond acceptors (Lipinski definition) is 4. The van der Waals surface area contributed by atoms with Gasteiger partial charge in [-0.25, -0.2) is 9.49 Å². The highest BCUT2D eigenvalue weighted by molar-refractivity contribution is 6.33. The number of nitrogens with zero attached hydrogens (tertiary/aromatic N) is 3. The van der Waals surface area contributed by atoms with Gasteiger partial charge in [-0.3, -0.25) is 4.79 Å². The molecule has 2 aromatic rings.